The van der Waals surface area contributed by atoms with Gasteiger partial charge in [0, 0.05) is 11.3 Å². The average molecular weight is 280 g/mol. The maximum absolute atomic E-state index is 11.4. The van der Waals surface area contributed by atoms with Crippen molar-refractivity contribution >= 4 is 29.2 Å². The summed E-state index contributed by atoms with van der Waals surface area (Å²) in [6, 6.07) is 1.92. The number of primary amides is 1. The Bertz CT molecular complexity index is 466. The Morgan fingerprint density at radius 1 is 1.53 bits per heavy atom. The summed E-state index contributed by atoms with van der Waals surface area (Å²) in [6.07, 6.45) is 8.33. The zero-order valence-corrected chi connectivity index (χ0v) is 11.9. The van der Waals surface area contributed by atoms with Gasteiger partial charge in [0.25, 0.3) is 5.91 Å². The molecule has 1 aromatic heterocycles. The van der Waals surface area contributed by atoms with Crippen molar-refractivity contribution in [1.29, 1.82) is 0 Å². The van der Waals surface area contributed by atoms with Gasteiger partial charge in [0.05, 0.1) is 17.4 Å². The number of nitrogens with one attached hydrogen (secondary N) is 1. The molecule has 5 nitrogen and oxygen atoms in total. The van der Waals surface area contributed by atoms with Crippen LogP contribution >= 0.6 is 11.8 Å². The number of pyridine rings is 1. The number of aromatic nitrogens is 1. The van der Waals surface area contributed by atoms with Gasteiger partial charge in [0.15, 0.2) is 0 Å². The lowest BCUT2D eigenvalue weighted by atomic mass is 9.95. The van der Waals surface area contributed by atoms with Crippen LogP contribution in [0.4, 0.5) is 11.5 Å². The minimum absolute atomic E-state index is 0.348. The lowest BCUT2D eigenvalue weighted by molar-refractivity contribution is 0.100. The topological polar surface area (TPSA) is 94.0 Å². The molecule has 0 saturated heterocycles. The minimum Gasteiger partial charge on any atom is -0.397 e. The number of anilines is 2. The van der Waals surface area contributed by atoms with Gasteiger partial charge in [-0.1, -0.05) is 6.42 Å². The summed E-state index contributed by atoms with van der Waals surface area (Å²) < 4.78 is 0. The van der Waals surface area contributed by atoms with Crippen molar-refractivity contribution in [2.24, 2.45) is 5.73 Å². The van der Waals surface area contributed by atoms with Crippen molar-refractivity contribution < 1.29 is 4.79 Å². The van der Waals surface area contributed by atoms with Gasteiger partial charge in [0.2, 0.25) is 0 Å². The van der Waals surface area contributed by atoms with E-state index in [2.05, 4.69) is 16.6 Å². The summed E-state index contributed by atoms with van der Waals surface area (Å²) in [7, 11) is 0. The molecule has 5 N–H and O–H groups in total. The molecule has 1 heterocycles. The molecule has 0 spiro atoms. The Labute approximate surface area is 117 Å². The Balaban J connectivity index is 2.12. The van der Waals surface area contributed by atoms with Gasteiger partial charge in [-0.2, -0.15) is 11.8 Å². The first kappa shape index (κ1) is 14.0. The van der Waals surface area contributed by atoms with Crippen molar-refractivity contribution in [3.63, 3.8) is 0 Å². The van der Waals surface area contributed by atoms with Crippen LogP contribution in [0.1, 0.15) is 36.0 Å². The maximum Gasteiger partial charge on any atom is 0.252 e. The van der Waals surface area contributed by atoms with E-state index in [1.807, 2.05) is 11.8 Å². The molecule has 1 saturated carbocycles. The average Bonchev–Trinajstić information content (AvgIpc) is 2.41. The molecule has 0 radical (unpaired) electrons. The van der Waals surface area contributed by atoms with Crippen molar-refractivity contribution in [3.8, 4) is 0 Å². The van der Waals surface area contributed by atoms with Crippen LogP contribution in [0.3, 0.4) is 0 Å². The molecule has 0 bridgehead atoms. The second kappa shape index (κ2) is 6.14. The Morgan fingerprint density at radius 2 is 2.32 bits per heavy atom. The van der Waals surface area contributed by atoms with E-state index in [0.717, 1.165) is 12.8 Å². The van der Waals surface area contributed by atoms with Gasteiger partial charge in [-0.25, -0.2) is 4.98 Å². The number of nitrogens with two attached hydrogens (primary N) is 2. The standard InChI is InChI=1S/C13H20N4OS/c1-19-10-4-2-3-9(6-10)17-13-11(12(15)18)5-8(14)7-16-13/h5,7,9-10H,2-4,6,14H2,1H3,(H2,15,18)(H,16,17). The molecule has 104 valence electrons. The van der Waals surface area contributed by atoms with Crippen molar-refractivity contribution in [2.75, 3.05) is 17.3 Å². The summed E-state index contributed by atoms with van der Waals surface area (Å²) in [6.45, 7) is 0. The van der Waals surface area contributed by atoms with Gasteiger partial charge in [-0.3, -0.25) is 4.79 Å². The minimum atomic E-state index is -0.500. The zero-order chi connectivity index (χ0) is 13.8. The summed E-state index contributed by atoms with van der Waals surface area (Å²) in [4.78, 5) is 15.6. The second-order valence-corrected chi connectivity index (χ2v) is 6.03. The molecule has 2 unspecified atom stereocenters. The third-order valence-corrected chi connectivity index (χ3v) is 4.57. The highest BCUT2D eigenvalue weighted by Crippen LogP contribution is 2.29. The molecule has 1 aromatic rings. The number of nitrogens with zero attached hydrogens (tertiary/aromatic N) is 1. The Kier molecular flexibility index (Phi) is 4.52. The number of nitrogen functional groups attached to an aromatic ring is 1. The molecule has 2 atom stereocenters. The third kappa shape index (κ3) is 3.53. The fraction of sp³-hybridized carbons (Fsp3) is 0.538. The van der Waals surface area contributed by atoms with Crippen molar-refractivity contribution in [3.05, 3.63) is 17.8 Å². The Hall–Kier alpha value is -1.43. The van der Waals surface area contributed by atoms with Gasteiger partial charge in [-0.05, 0) is 31.6 Å². The largest absolute Gasteiger partial charge is 0.397 e. The van der Waals surface area contributed by atoms with Crippen molar-refractivity contribution in [1.82, 2.24) is 4.98 Å². The monoisotopic (exact) mass is 280 g/mol. The van der Waals surface area contributed by atoms with Crippen LogP contribution in [-0.2, 0) is 0 Å². The normalized spacial score (nSPS) is 23.0. The molecule has 1 aliphatic rings. The molecule has 0 aliphatic heterocycles. The molecular formula is C13H20N4OS. The van der Waals surface area contributed by atoms with E-state index in [0.29, 0.717) is 28.4 Å². The van der Waals surface area contributed by atoms with Gasteiger partial charge >= 0.3 is 0 Å². The number of hydrogen-bond acceptors (Lipinski definition) is 5. The number of amides is 1. The van der Waals surface area contributed by atoms with Gasteiger partial charge < -0.3 is 16.8 Å². The van der Waals surface area contributed by atoms with E-state index < -0.39 is 5.91 Å². The smallest absolute Gasteiger partial charge is 0.252 e. The summed E-state index contributed by atoms with van der Waals surface area (Å²) in [5.41, 5.74) is 11.8. The van der Waals surface area contributed by atoms with Gasteiger partial charge in [-0.15, -0.1) is 0 Å². The first-order valence-corrected chi connectivity index (χ1v) is 7.73. The lowest BCUT2D eigenvalue weighted by Gasteiger charge is -2.29. The fourth-order valence-corrected chi connectivity index (χ4v) is 3.29. The van der Waals surface area contributed by atoms with E-state index in [1.165, 1.54) is 12.8 Å². The lowest BCUT2D eigenvalue weighted by Crippen LogP contribution is -2.30. The van der Waals surface area contributed by atoms with Crippen molar-refractivity contribution in [2.45, 2.75) is 37.0 Å². The first-order chi connectivity index (χ1) is 9.10. The Morgan fingerprint density at radius 3 is 3.00 bits per heavy atom. The quantitative estimate of drug-likeness (QED) is 0.782. The number of carbonyl (C=O) groups excluding carboxylic acids is 1. The molecule has 2 rings (SSSR count). The first-order valence-electron chi connectivity index (χ1n) is 6.44. The van der Waals surface area contributed by atoms with Crippen LogP contribution in [0.5, 0.6) is 0 Å². The highest BCUT2D eigenvalue weighted by atomic mass is 32.2. The molecule has 0 aromatic carbocycles. The predicted octanol–water partition coefficient (Wildman–Crippen LogP) is 1.85. The van der Waals surface area contributed by atoms with E-state index in [-0.39, 0.29) is 0 Å². The number of carbonyl (C=O) groups is 1. The van der Waals surface area contributed by atoms with E-state index in [9.17, 15) is 4.79 Å². The number of thioether (sulfide) groups is 1. The van der Waals surface area contributed by atoms with Crippen LogP contribution in [0.25, 0.3) is 0 Å². The molecule has 1 amide bonds. The van der Waals surface area contributed by atoms with Crippen LogP contribution in [0, 0.1) is 0 Å². The number of rotatable bonds is 4. The molecule has 6 heteroatoms. The summed E-state index contributed by atoms with van der Waals surface area (Å²) >= 11 is 1.90. The number of hydrogen-bond donors (Lipinski definition) is 3. The van der Waals surface area contributed by atoms with Crippen LogP contribution in [0.2, 0.25) is 0 Å². The second-order valence-electron chi connectivity index (χ2n) is 4.89. The van der Waals surface area contributed by atoms with E-state index in [4.69, 9.17) is 11.5 Å². The highest BCUT2D eigenvalue weighted by Gasteiger charge is 2.22. The molecule has 1 fully saturated rings. The summed E-state index contributed by atoms with van der Waals surface area (Å²) in [5, 5.41) is 4.02. The zero-order valence-electron chi connectivity index (χ0n) is 11.1. The SMILES string of the molecule is CSC1CCCC(Nc2ncc(N)cc2C(N)=O)C1. The summed E-state index contributed by atoms with van der Waals surface area (Å²) in [5.74, 6) is 0.0491. The fourth-order valence-electron chi connectivity index (χ4n) is 2.47. The maximum atomic E-state index is 11.4. The molecule has 19 heavy (non-hydrogen) atoms. The highest BCUT2D eigenvalue weighted by molar-refractivity contribution is 7.99. The van der Waals surface area contributed by atoms with Crippen LogP contribution < -0.4 is 16.8 Å². The predicted molar refractivity (Wildman–Crippen MR) is 80.3 cm³/mol. The van der Waals surface area contributed by atoms with E-state index >= 15 is 0 Å². The van der Waals surface area contributed by atoms with Crippen LogP contribution in [0.15, 0.2) is 12.3 Å². The van der Waals surface area contributed by atoms with Crippen LogP contribution in [-0.4, -0.2) is 28.4 Å². The third-order valence-electron chi connectivity index (χ3n) is 3.47. The van der Waals surface area contributed by atoms with Gasteiger partial charge in [0.1, 0.15) is 5.82 Å². The van der Waals surface area contributed by atoms with E-state index in [1.54, 1.807) is 12.3 Å². The molecule has 1 aliphatic carbocycles. The molecular weight excluding hydrogens is 260 g/mol.